The summed E-state index contributed by atoms with van der Waals surface area (Å²) in [5, 5.41) is 11.0. The zero-order valence-electron chi connectivity index (χ0n) is 15.3. The Labute approximate surface area is 156 Å². The van der Waals surface area contributed by atoms with Crippen LogP contribution in [0.5, 0.6) is 5.75 Å². The van der Waals surface area contributed by atoms with Gasteiger partial charge in [-0.2, -0.15) is 0 Å². The number of benzene rings is 2. The smallest absolute Gasteiger partial charge is 0.279 e. The molecule has 8 heteroatoms. The van der Waals surface area contributed by atoms with Crippen LogP contribution < -0.4 is 15.6 Å². The Morgan fingerprint density at radius 2 is 1.81 bits per heavy atom. The first-order valence-corrected chi connectivity index (χ1v) is 8.42. The third-order valence-electron chi connectivity index (χ3n) is 3.98. The van der Waals surface area contributed by atoms with Crippen LogP contribution in [0.25, 0.3) is 0 Å². The molecule has 2 aromatic rings. The summed E-state index contributed by atoms with van der Waals surface area (Å²) in [4.78, 5) is 34.6. The maximum atomic E-state index is 12.1. The molecule has 0 heterocycles. The summed E-state index contributed by atoms with van der Waals surface area (Å²) < 4.78 is 5.53. The van der Waals surface area contributed by atoms with E-state index in [1.807, 2.05) is 19.1 Å². The highest BCUT2D eigenvalue weighted by Crippen LogP contribution is 2.19. The van der Waals surface area contributed by atoms with E-state index < -0.39 is 22.8 Å². The summed E-state index contributed by atoms with van der Waals surface area (Å²) in [6.45, 7) is 5.16. The monoisotopic (exact) mass is 371 g/mol. The summed E-state index contributed by atoms with van der Waals surface area (Å²) in [5.74, 6) is -0.675. The number of hydrazine groups is 1. The highest BCUT2D eigenvalue weighted by Gasteiger charge is 2.18. The maximum Gasteiger partial charge on any atom is 0.279 e. The number of ether oxygens (including phenoxy) is 1. The first-order valence-electron chi connectivity index (χ1n) is 8.42. The Morgan fingerprint density at radius 3 is 2.41 bits per heavy atom. The van der Waals surface area contributed by atoms with Gasteiger partial charge in [-0.1, -0.05) is 25.1 Å². The van der Waals surface area contributed by atoms with Gasteiger partial charge in [0, 0.05) is 17.2 Å². The van der Waals surface area contributed by atoms with Crippen molar-refractivity contribution < 1.29 is 19.2 Å². The average Bonchev–Trinajstić information content (AvgIpc) is 2.66. The summed E-state index contributed by atoms with van der Waals surface area (Å²) in [6, 6.07) is 11.4. The molecule has 0 aliphatic carbocycles. The van der Waals surface area contributed by atoms with Crippen LogP contribution in [0.4, 0.5) is 5.69 Å². The molecule has 2 N–H and O–H groups in total. The number of hydrogen-bond donors (Lipinski definition) is 2. The van der Waals surface area contributed by atoms with Crippen molar-refractivity contribution in [2.45, 2.75) is 33.3 Å². The lowest BCUT2D eigenvalue weighted by Gasteiger charge is -2.15. The van der Waals surface area contributed by atoms with Crippen LogP contribution in [0.15, 0.2) is 42.5 Å². The third kappa shape index (κ3) is 5.27. The summed E-state index contributed by atoms with van der Waals surface area (Å²) in [5.41, 5.74) is 5.98. The van der Waals surface area contributed by atoms with Gasteiger partial charge in [0.25, 0.3) is 17.5 Å². The van der Waals surface area contributed by atoms with Gasteiger partial charge in [0.2, 0.25) is 0 Å². The minimum absolute atomic E-state index is 0.0660. The normalized spacial score (nSPS) is 11.4. The lowest BCUT2D eigenvalue weighted by molar-refractivity contribution is -0.385. The minimum atomic E-state index is -0.842. The van der Waals surface area contributed by atoms with E-state index in [0.29, 0.717) is 11.3 Å². The molecule has 0 radical (unpaired) electrons. The number of nitro benzene ring substituents is 1. The van der Waals surface area contributed by atoms with Crippen molar-refractivity contribution in [1.82, 2.24) is 10.9 Å². The SMILES string of the molecule is CCc1ccc(O[C@@H](C)C(=O)NNC(=O)c2ccc(C)c([N+](=O)[O-])c2)cc1. The standard InChI is InChI=1S/C19H21N3O5/c1-4-14-6-9-16(10-7-14)27-13(3)18(23)20-21-19(24)15-8-5-12(2)17(11-15)22(25)26/h5-11,13H,4H2,1-3H3,(H,20,23)(H,21,24)/t13-/m0/s1. The number of nitrogens with zero attached hydrogens (tertiary/aromatic N) is 1. The molecule has 0 saturated heterocycles. The molecule has 27 heavy (non-hydrogen) atoms. The molecule has 8 nitrogen and oxygen atoms in total. The Balaban J connectivity index is 1.92. The Morgan fingerprint density at radius 1 is 1.15 bits per heavy atom. The quantitative estimate of drug-likeness (QED) is 0.599. The van der Waals surface area contributed by atoms with E-state index in [-0.39, 0.29) is 11.3 Å². The van der Waals surface area contributed by atoms with Crippen LogP contribution in [0, 0.1) is 17.0 Å². The fourth-order valence-corrected chi connectivity index (χ4v) is 2.30. The molecule has 0 saturated carbocycles. The number of aryl methyl sites for hydroxylation is 2. The molecule has 0 aliphatic heterocycles. The van der Waals surface area contributed by atoms with Crippen molar-refractivity contribution in [3.05, 3.63) is 69.3 Å². The second kappa shape index (κ2) is 8.79. The van der Waals surface area contributed by atoms with E-state index in [0.717, 1.165) is 18.1 Å². The van der Waals surface area contributed by atoms with Gasteiger partial charge < -0.3 is 4.74 Å². The van der Waals surface area contributed by atoms with Gasteiger partial charge >= 0.3 is 0 Å². The van der Waals surface area contributed by atoms with E-state index >= 15 is 0 Å². The number of rotatable bonds is 6. The summed E-state index contributed by atoms with van der Waals surface area (Å²) in [6.07, 6.45) is 0.0598. The Hall–Kier alpha value is -3.42. The zero-order valence-corrected chi connectivity index (χ0v) is 15.3. The van der Waals surface area contributed by atoms with Gasteiger partial charge in [-0.25, -0.2) is 0 Å². The molecule has 0 aromatic heterocycles. The largest absolute Gasteiger partial charge is 0.481 e. The van der Waals surface area contributed by atoms with E-state index in [1.165, 1.54) is 12.1 Å². The molecule has 142 valence electrons. The number of amides is 2. The fraction of sp³-hybridized carbons (Fsp3) is 0.263. The second-order valence-electron chi connectivity index (χ2n) is 5.96. The van der Waals surface area contributed by atoms with E-state index in [2.05, 4.69) is 10.9 Å². The molecular formula is C19H21N3O5. The summed E-state index contributed by atoms with van der Waals surface area (Å²) >= 11 is 0. The van der Waals surface area contributed by atoms with Gasteiger partial charge in [0.05, 0.1) is 4.92 Å². The maximum absolute atomic E-state index is 12.1. The van der Waals surface area contributed by atoms with Crippen molar-refractivity contribution in [3.63, 3.8) is 0 Å². The van der Waals surface area contributed by atoms with Gasteiger partial charge in [0.15, 0.2) is 6.10 Å². The van der Waals surface area contributed by atoms with Crippen molar-refractivity contribution >= 4 is 17.5 Å². The Bertz CT molecular complexity index is 849. The van der Waals surface area contributed by atoms with Gasteiger partial charge in [0.1, 0.15) is 5.75 Å². The predicted octanol–water partition coefficient (Wildman–Crippen LogP) is 2.69. The topological polar surface area (TPSA) is 111 Å². The molecule has 2 aromatic carbocycles. The van der Waals surface area contributed by atoms with Crippen molar-refractivity contribution in [2.24, 2.45) is 0 Å². The number of hydrogen-bond acceptors (Lipinski definition) is 5. The predicted molar refractivity (Wildman–Crippen MR) is 99.4 cm³/mol. The highest BCUT2D eigenvalue weighted by atomic mass is 16.6. The molecule has 0 aliphatic rings. The fourth-order valence-electron chi connectivity index (χ4n) is 2.30. The zero-order chi connectivity index (χ0) is 20.0. The molecule has 2 amide bonds. The van der Waals surface area contributed by atoms with Crippen LogP contribution in [0.2, 0.25) is 0 Å². The highest BCUT2D eigenvalue weighted by molar-refractivity contribution is 5.96. The molecule has 0 bridgehead atoms. The number of nitrogens with one attached hydrogen (secondary N) is 2. The van der Waals surface area contributed by atoms with E-state index in [4.69, 9.17) is 4.74 Å². The molecule has 0 spiro atoms. The van der Waals surface area contributed by atoms with Crippen LogP contribution in [0.3, 0.4) is 0 Å². The molecule has 2 rings (SSSR count). The Kier molecular flexibility index (Phi) is 6.48. The van der Waals surface area contributed by atoms with Crippen LogP contribution >= 0.6 is 0 Å². The molecular weight excluding hydrogens is 350 g/mol. The third-order valence-corrected chi connectivity index (χ3v) is 3.98. The summed E-state index contributed by atoms with van der Waals surface area (Å²) in [7, 11) is 0. The number of carbonyl (C=O) groups is 2. The number of carbonyl (C=O) groups excluding carboxylic acids is 2. The van der Waals surface area contributed by atoms with Gasteiger partial charge in [-0.3, -0.25) is 30.6 Å². The average molecular weight is 371 g/mol. The van der Waals surface area contributed by atoms with Crippen molar-refractivity contribution in [1.29, 1.82) is 0 Å². The van der Waals surface area contributed by atoms with Crippen molar-refractivity contribution in [2.75, 3.05) is 0 Å². The lowest BCUT2D eigenvalue weighted by Crippen LogP contribution is -2.47. The van der Waals surface area contributed by atoms with Crippen LogP contribution in [0.1, 0.15) is 35.3 Å². The second-order valence-corrected chi connectivity index (χ2v) is 5.96. The molecule has 0 unspecified atom stereocenters. The molecule has 1 atom stereocenters. The molecule has 0 fully saturated rings. The van der Waals surface area contributed by atoms with Gasteiger partial charge in [-0.05, 0) is 44.0 Å². The van der Waals surface area contributed by atoms with Gasteiger partial charge in [-0.15, -0.1) is 0 Å². The van der Waals surface area contributed by atoms with Crippen molar-refractivity contribution in [3.8, 4) is 5.75 Å². The first-order chi connectivity index (χ1) is 12.8. The first kappa shape index (κ1) is 19.9. The van der Waals surface area contributed by atoms with Crippen LogP contribution in [-0.2, 0) is 11.2 Å². The van der Waals surface area contributed by atoms with E-state index in [1.54, 1.807) is 26.0 Å². The lowest BCUT2D eigenvalue weighted by atomic mass is 10.1. The van der Waals surface area contributed by atoms with E-state index in [9.17, 15) is 19.7 Å². The van der Waals surface area contributed by atoms with Crippen LogP contribution in [-0.4, -0.2) is 22.8 Å². The minimum Gasteiger partial charge on any atom is -0.481 e. The number of nitro groups is 1.